The standard InChI is InChI=1S/C16H15ClO3/c1-20-13-7-4-6-11(9-13)14(16(18)19)10-12-5-2-3-8-15(12)17/h2-9,14H,10H2,1H3,(H,18,19). The molecular formula is C16H15ClO3. The van der Waals surface area contributed by atoms with Gasteiger partial charge < -0.3 is 9.84 Å². The molecule has 2 rings (SSSR count). The summed E-state index contributed by atoms with van der Waals surface area (Å²) in [6.07, 6.45) is 0.349. The quantitative estimate of drug-likeness (QED) is 0.912. The van der Waals surface area contributed by atoms with Crippen molar-refractivity contribution < 1.29 is 14.6 Å². The summed E-state index contributed by atoms with van der Waals surface area (Å²) in [7, 11) is 1.56. The van der Waals surface area contributed by atoms with Crippen molar-refractivity contribution >= 4 is 17.6 Å². The van der Waals surface area contributed by atoms with Gasteiger partial charge in [0.2, 0.25) is 0 Å². The summed E-state index contributed by atoms with van der Waals surface area (Å²) < 4.78 is 5.14. The van der Waals surface area contributed by atoms with Crippen LogP contribution in [0, 0.1) is 0 Å². The summed E-state index contributed by atoms with van der Waals surface area (Å²) in [6.45, 7) is 0. The van der Waals surface area contributed by atoms with E-state index in [2.05, 4.69) is 0 Å². The number of aliphatic carboxylic acids is 1. The molecule has 2 aromatic rings. The molecular weight excluding hydrogens is 276 g/mol. The molecule has 1 atom stereocenters. The number of halogens is 1. The number of rotatable bonds is 5. The van der Waals surface area contributed by atoms with Crippen molar-refractivity contribution in [1.82, 2.24) is 0 Å². The molecule has 0 aromatic heterocycles. The maximum Gasteiger partial charge on any atom is 0.311 e. The first-order chi connectivity index (χ1) is 9.61. The summed E-state index contributed by atoms with van der Waals surface area (Å²) in [4.78, 5) is 11.5. The molecule has 0 amide bonds. The van der Waals surface area contributed by atoms with Gasteiger partial charge in [0.05, 0.1) is 13.0 Å². The SMILES string of the molecule is COc1cccc(C(Cc2ccccc2Cl)C(=O)O)c1. The molecule has 0 radical (unpaired) electrons. The first-order valence-electron chi connectivity index (χ1n) is 6.22. The Kier molecular flexibility index (Phi) is 4.64. The molecule has 0 aliphatic rings. The topological polar surface area (TPSA) is 46.5 Å². The van der Waals surface area contributed by atoms with Crippen LogP contribution in [0.5, 0.6) is 5.75 Å². The molecule has 0 aliphatic heterocycles. The molecule has 0 aliphatic carbocycles. The van der Waals surface area contributed by atoms with Crippen molar-refractivity contribution in [2.24, 2.45) is 0 Å². The lowest BCUT2D eigenvalue weighted by Gasteiger charge is -2.14. The van der Waals surface area contributed by atoms with Crippen LogP contribution in [0.15, 0.2) is 48.5 Å². The second-order valence-corrected chi connectivity index (χ2v) is 4.87. The first kappa shape index (κ1) is 14.4. The summed E-state index contributed by atoms with van der Waals surface area (Å²) >= 11 is 6.10. The summed E-state index contributed by atoms with van der Waals surface area (Å²) in [5.74, 6) is -0.879. The van der Waals surface area contributed by atoms with Gasteiger partial charge in [-0.15, -0.1) is 0 Å². The van der Waals surface area contributed by atoms with Crippen LogP contribution in [0.1, 0.15) is 17.0 Å². The van der Waals surface area contributed by atoms with Gasteiger partial charge in [-0.25, -0.2) is 0 Å². The molecule has 2 aromatic carbocycles. The van der Waals surface area contributed by atoms with Crippen LogP contribution in [0.25, 0.3) is 0 Å². The van der Waals surface area contributed by atoms with Crippen LogP contribution >= 0.6 is 11.6 Å². The lowest BCUT2D eigenvalue weighted by Crippen LogP contribution is -2.14. The minimum Gasteiger partial charge on any atom is -0.497 e. The summed E-state index contributed by atoms with van der Waals surface area (Å²) in [5.41, 5.74) is 1.53. The maximum atomic E-state index is 11.5. The molecule has 1 unspecified atom stereocenters. The van der Waals surface area contributed by atoms with Crippen molar-refractivity contribution in [2.75, 3.05) is 7.11 Å². The van der Waals surface area contributed by atoms with Gasteiger partial charge in [-0.3, -0.25) is 4.79 Å². The lowest BCUT2D eigenvalue weighted by molar-refractivity contribution is -0.138. The Morgan fingerprint density at radius 2 is 2.00 bits per heavy atom. The van der Waals surface area contributed by atoms with E-state index in [1.807, 2.05) is 18.2 Å². The molecule has 4 heteroatoms. The van der Waals surface area contributed by atoms with E-state index in [1.165, 1.54) is 0 Å². The maximum absolute atomic E-state index is 11.5. The molecule has 20 heavy (non-hydrogen) atoms. The van der Waals surface area contributed by atoms with Crippen molar-refractivity contribution in [2.45, 2.75) is 12.3 Å². The highest BCUT2D eigenvalue weighted by Gasteiger charge is 2.21. The van der Waals surface area contributed by atoms with Crippen LogP contribution in [0.2, 0.25) is 5.02 Å². The number of ether oxygens (including phenoxy) is 1. The highest BCUT2D eigenvalue weighted by Crippen LogP contribution is 2.27. The zero-order chi connectivity index (χ0) is 14.5. The molecule has 0 saturated heterocycles. The molecule has 0 spiro atoms. The second kappa shape index (κ2) is 6.44. The van der Waals surface area contributed by atoms with Gasteiger partial charge in [0.1, 0.15) is 5.75 Å². The fraction of sp³-hybridized carbons (Fsp3) is 0.188. The first-order valence-corrected chi connectivity index (χ1v) is 6.59. The number of hydrogen-bond acceptors (Lipinski definition) is 2. The van der Waals surface area contributed by atoms with E-state index in [0.29, 0.717) is 22.8 Å². The third kappa shape index (κ3) is 3.31. The molecule has 1 N–H and O–H groups in total. The van der Waals surface area contributed by atoms with Gasteiger partial charge in [0, 0.05) is 5.02 Å². The number of benzene rings is 2. The van der Waals surface area contributed by atoms with Gasteiger partial charge in [-0.1, -0.05) is 41.9 Å². The molecule has 3 nitrogen and oxygen atoms in total. The fourth-order valence-corrected chi connectivity index (χ4v) is 2.30. The van der Waals surface area contributed by atoms with E-state index >= 15 is 0 Å². The van der Waals surface area contributed by atoms with E-state index in [4.69, 9.17) is 16.3 Å². The van der Waals surface area contributed by atoms with Crippen molar-refractivity contribution in [3.8, 4) is 5.75 Å². The fourth-order valence-electron chi connectivity index (χ4n) is 2.09. The Morgan fingerprint density at radius 3 is 2.65 bits per heavy atom. The van der Waals surface area contributed by atoms with Crippen molar-refractivity contribution in [3.05, 3.63) is 64.7 Å². The van der Waals surface area contributed by atoms with E-state index < -0.39 is 11.9 Å². The molecule has 104 valence electrons. The number of carboxylic acid groups (broad SMARTS) is 1. The number of methoxy groups -OCH3 is 1. The molecule has 0 heterocycles. The number of hydrogen-bond donors (Lipinski definition) is 1. The van der Waals surface area contributed by atoms with Gasteiger partial charge in [-0.05, 0) is 35.7 Å². The number of carbonyl (C=O) groups is 1. The highest BCUT2D eigenvalue weighted by molar-refractivity contribution is 6.31. The molecule has 0 fully saturated rings. The Morgan fingerprint density at radius 1 is 1.25 bits per heavy atom. The van der Waals surface area contributed by atoms with Crippen LogP contribution in [-0.4, -0.2) is 18.2 Å². The van der Waals surface area contributed by atoms with Crippen molar-refractivity contribution in [3.63, 3.8) is 0 Å². The smallest absolute Gasteiger partial charge is 0.311 e. The molecule has 0 bridgehead atoms. The Hall–Kier alpha value is -2.00. The largest absolute Gasteiger partial charge is 0.497 e. The normalized spacial score (nSPS) is 11.9. The van der Waals surface area contributed by atoms with Crippen LogP contribution in [0.3, 0.4) is 0 Å². The zero-order valence-electron chi connectivity index (χ0n) is 11.0. The highest BCUT2D eigenvalue weighted by atomic mass is 35.5. The average molecular weight is 291 g/mol. The van der Waals surface area contributed by atoms with E-state index in [9.17, 15) is 9.90 Å². The average Bonchev–Trinajstić information content (AvgIpc) is 2.46. The van der Waals surface area contributed by atoms with Crippen LogP contribution in [0.4, 0.5) is 0 Å². The predicted molar refractivity (Wildman–Crippen MR) is 78.5 cm³/mol. The lowest BCUT2D eigenvalue weighted by atomic mass is 9.92. The van der Waals surface area contributed by atoms with Gasteiger partial charge in [-0.2, -0.15) is 0 Å². The second-order valence-electron chi connectivity index (χ2n) is 4.46. The summed E-state index contributed by atoms with van der Waals surface area (Å²) in [6, 6.07) is 14.4. The van der Waals surface area contributed by atoms with E-state index in [1.54, 1.807) is 37.4 Å². The van der Waals surface area contributed by atoms with Gasteiger partial charge in [0.25, 0.3) is 0 Å². The molecule has 0 saturated carbocycles. The van der Waals surface area contributed by atoms with Gasteiger partial charge >= 0.3 is 5.97 Å². The van der Waals surface area contributed by atoms with E-state index in [0.717, 1.165) is 5.56 Å². The van der Waals surface area contributed by atoms with Gasteiger partial charge in [0.15, 0.2) is 0 Å². The summed E-state index contributed by atoms with van der Waals surface area (Å²) in [5, 5.41) is 10.0. The third-order valence-corrected chi connectivity index (χ3v) is 3.54. The minimum atomic E-state index is -0.877. The minimum absolute atomic E-state index is 0.349. The van der Waals surface area contributed by atoms with Crippen molar-refractivity contribution in [1.29, 1.82) is 0 Å². The Bertz CT molecular complexity index is 610. The predicted octanol–water partition coefficient (Wildman–Crippen LogP) is 3.76. The Balaban J connectivity index is 2.32. The van der Waals surface area contributed by atoms with Crippen LogP contribution < -0.4 is 4.74 Å². The van der Waals surface area contributed by atoms with Crippen LogP contribution in [-0.2, 0) is 11.2 Å². The monoisotopic (exact) mass is 290 g/mol. The zero-order valence-corrected chi connectivity index (χ0v) is 11.8. The third-order valence-electron chi connectivity index (χ3n) is 3.18. The number of carboxylic acids is 1. The van der Waals surface area contributed by atoms with E-state index in [-0.39, 0.29) is 0 Å². The Labute approximate surface area is 122 Å².